The lowest BCUT2D eigenvalue weighted by Gasteiger charge is -2.25. The van der Waals surface area contributed by atoms with E-state index in [1.165, 1.54) is 21.1 Å². The van der Waals surface area contributed by atoms with Crippen LogP contribution < -0.4 is 10.5 Å². The number of fused-ring (bicyclic) bond motifs is 1. The van der Waals surface area contributed by atoms with Crippen LogP contribution in [0.1, 0.15) is 23.6 Å². The number of ether oxygens (including phenoxy) is 2. The van der Waals surface area contributed by atoms with E-state index >= 15 is 0 Å². The van der Waals surface area contributed by atoms with Crippen LogP contribution in [0.25, 0.3) is 0 Å². The summed E-state index contributed by atoms with van der Waals surface area (Å²) < 4.78 is 10.0. The summed E-state index contributed by atoms with van der Waals surface area (Å²) in [4.78, 5) is 37.5. The molecule has 1 N–H and O–H groups in total. The van der Waals surface area contributed by atoms with Crippen molar-refractivity contribution < 1.29 is 23.9 Å². The molecule has 1 aromatic rings. The SMILES string of the molecule is COC(=O)C1(C(=O)OC)Cc2cc(NC(C)=O)c([Si](C)(C)C)c(C#C[Si](C)(C)C)c2C1. The molecule has 0 radical (unpaired) electrons. The third-order valence-electron chi connectivity index (χ3n) is 5.27. The Kier molecular flexibility index (Phi) is 6.93. The third-order valence-corrected chi connectivity index (χ3v) is 8.17. The molecule has 0 aliphatic heterocycles. The minimum Gasteiger partial charge on any atom is -0.468 e. The number of rotatable bonds is 4. The van der Waals surface area contributed by atoms with Crippen molar-refractivity contribution in [3.63, 3.8) is 0 Å². The summed E-state index contributed by atoms with van der Waals surface area (Å²) in [5.74, 6) is 2.01. The van der Waals surface area contributed by atoms with Crippen molar-refractivity contribution in [3.05, 3.63) is 22.8 Å². The highest BCUT2D eigenvalue weighted by molar-refractivity contribution is 6.90. The van der Waals surface area contributed by atoms with Crippen LogP contribution in [0.3, 0.4) is 0 Å². The Labute approximate surface area is 187 Å². The predicted octanol–water partition coefficient (Wildman–Crippen LogP) is 2.85. The van der Waals surface area contributed by atoms with E-state index in [-0.39, 0.29) is 18.7 Å². The summed E-state index contributed by atoms with van der Waals surface area (Å²) in [5, 5.41) is 4.01. The molecule has 0 atom stereocenters. The molecule has 2 rings (SSSR count). The van der Waals surface area contributed by atoms with Gasteiger partial charge in [0.05, 0.1) is 22.3 Å². The Balaban J connectivity index is 2.90. The van der Waals surface area contributed by atoms with Crippen LogP contribution in [0.5, 0.6) is 0 Å². The molecule has 0 spiro atoms. The van der Waals surface area contributed by atoms with Crippen molar-refractivity contribution in [3.8, 4) is 11.5 Å². The fourth-order valence-electron chi connectivity index (χ4n) is 4.05. The van der Waals surface area contributed by atoms with Crippen molar-refractivity contribution in [1.29, 1.82) is 0 Å². The van der Waals surface area contributed by atoms with Crippen molar-refractivity contribution in [1.82, 2.24) is 0 Å². The average molecular weight is 460 g/mol. The van der Waals surface area contributed by atoms with E-state index in [4.69, 9.17) is 9.47 Å². The molecule has 8 heteroatoms. The van der Waals surface area contributed by atoms with Gasteiger partial charge in [0.2, 0.25) is 5.91 Å². The van der Waals surface area contributed by atoms with Crippen LogP contribution in [-0.2, 0) is 36.7 Å². The molecule has 0 saturated carbocycles. The number of hydrogen-bond acceptors (Lipinski definition) is 5. The molecule has 1 aliphatic rings. The van der Waals surface area contributed by atoms with E-state index in [9.17, 15) is 14.4 Å². The van der Waals surface area contributed by atoms with Gasteiger partial charge in [-0.25, -0.2) is 0 Å². The van der Waals surface area contributed by atoms with Gasteiger partial charge in [-0.15, -0.1) is 5.54 Å². The largest absolute Gasteiger partial charge is 0.468 e. The molecule has 31 heavy (non-hydrogen) atoms. The van der Waals surface area contributed by atoms with Gasteiger partial charge in [-0.2, -0.15) is 0 Å². The Bertz CT molecular complexity index is 974. The second-order valence-corrected chi connectivity index (χ2v) is 19.9. The zero-order valence-electron chi connectivity index (χ0n) is 20.0. The van der Waals surface area contributed by atoms with E-state index in [1.807, 2.05) is 6.07 Å². The summed E-state index contributed by atoms with van der Waals surface area (Å²) in [6.07, 6.45) is 0.330. The minimum atomic E-state index is -1.98. The average Bonchev–Trinajstić information content (AvgIpc) is 3.02. The van der Waals surface area contributed by atoms with E-state index in [0.29, 0.717) is 0 Å². The van der Waals surface area contributed by atoms with Gasteiger partial charge in [0, 0.05) is 24.6 Å². The number of methoxy groups -OCH3 is 2. The Morgan fingerprint density at radius 1 is 1.00 bits per heavy atom. The van der Waals surface area contributed by atoms with Gasteiger partial charge in [0.25, 0.3) is 0 Å². The maximum absolute atomic E-state index is 12.8. The molecule has 0 saturated heterocycles. The molecule has 6 nitrogen and oxygen atoms in total. The van der Waals surface area contributed by atoms with Crippen LogP contribution in [0, 0.1) is 16.9 Å². The van der Waals surface area contributed by atoms with Crippen molar-refractivity contribution in [2.24, 2.45) is 5.41 Å². The van der Waals surface area contributed by atoms with Crippen LogP contribution >= 0.6 is 0 Å². The molecule has 1 amide bonds. The lowest BCUT2D eigenvalue weighted by Crippen LogP contribution is -2.43. The highest BCUT2D eigenvalue weighted by Gasteiger charge is 2.53. The Morgan fingerprint density at radius 3 is 1.97 bits per heavy atom. The fourth-order valence-corrected chi connectivity index (χ4v) is 6.45. The topological polar surface area (TPSA) is 81.7 Å². The number of nitrogens with one attached hydrogen (secondary N) is 1. The standard InChI is InChI=1S/C23H33NO5Si2/c1-15(25)24-19-12-16-13-23(21(26)28-2,22(27)29-3)14-18(16)17(10-11-30(4,5)6)20(19)31(7,8)9/h12H,13-14H2,1-9H3,(H,24,25). The maximum atomic E-state index is 12.8. The minimum absolute atomic E-state index is 0.155. The first-order valence-corrected chi connectivity index (χ1v) is 17.3. The smallest absolute Gasteiger partial charge is 0.323 e. The second-order valence-electron chi connectivity index (χ2n) is 10.2. The number of amides is 1. The lowest BCUT2D eigenvalue weighted by atomic mass is 9.84. The first-order chi connectivity index (χ1) is 14.2. The first-order valence-electron chi connectivity index (χ1n) is 10.3. The quantitative estimate of drug-likeness (QED) is 0.324. The first kappa shape index (κ1) is 24.9. The molecular weight excluding hydrogens is 426 g/mol. The van der Waals surface area contributed by atoms with Crippen molar-refractivity contribution in [2.75, 3.05) is 19.5 Å². The monoisotopic (exact) mass is 459 g/mol. The van der Waals surface area contributed by atoms with E-state index in [0.717, 1.165) is 27.6 Å². The third kappa shape index (κ3) is 5.10. The number of carbonyl (C=O) groups excluding carboxylic acids is 3. The van der Waals surface area contributed by atoms with Crippen LogP contribution in [0.2, 0.25) is 39.3 Å². The molecule has 168 valence electrons. The summed E-state index contributed by atoms with van der Waals surface area (Å²) in [6.45, 7) is 14.6. The molecular formula is C23H33NO5Si2. The van der Waals surface area contributed by atoms with Gasteiger partial charge in [0.1, 0.15) is 8.07 Å². The van der Waals surface area contributed by atoms with Crippen LogP contribution in [0.15, 0.2) is 6.07 Å². The summed E-state index contributed by atoms with van der Waals surface area (Å²) in [6, 6.07) is 1.90. The molecule has 0 heterocycles. The summed E-state index contributed by atoms with van der Waals surface area (Å²) in [5.41, 5.74) is 5.27. The highest BCUT2D eigenvalue weighted by atomic mass is 28.3. The number of anilines is 1. The van der Waals surface area contributed by atoms with E-state index in [1.54, 1.807) is 0 Å². The van der Waals surface area contributed by atoms with Gasteiger partial charge >= 0.3 is 11.9 Å². The van der Waals surface area contributed by atoms with Crippen LogP contribution in [-0.4, -0.2) is 48.2 Å². The predicted molar refractivity (Wildman–Crippen MR) is 128 cm³/mol. The molecule has 1 aliphatic carbocycles. The Morgan fingerprint density at radius 2 is 1.55 bits per heavy atom. The Hall–Kier alpha value is -2.38. The van der Waals surface area contributed by atoms with Gasteiger partial charge < -0.3 is 14.8 Å². The number of hydrogen-bond donors (Lipinski definition) is 1. The normalized spacial score (nSPS) is 14.7. The van der Waals surface area contributed by atoms with E-state index < -0.39 is 33.5 Å². The van der Waals surface area contributed by atoms with Crippen molar-refractivity contribution in [2.45, 2.75) is 59.0 Å². The highest BCUT2D eigenvalue weighted by Crippen LogP contribution is 2.42. The molecule has 0 fully saturated rings. The van der Waals surface area contributed by atoms with Crippen molar-refractivity contribution >= 4 is 44.9 Å². The molecule has 0 unspecified atom stereocenters. The number of benzene rings is 1. The zero-order valence-corrected chi connectivity index (χ0v) is 22.0. The van der Waals surface area contributed by atoms with Gasteiger partial charge in [-0.1, -0.05) is 45.2 Å². The van der Waals surface area contributed by atoms with E-state index in [2.05, 4.69) is 56.1 Å². The summed E-state index contributed by atoms with van der Waals surface area (Å²) >= 11 is 0. The maximum Gasteiger partial charge on any atom is 0.323 e. The number of esters is 2. The molecule has 1 aromatic carbocycles. The van der Waals surface area contributed by atoms with Gasteiger partial charge in [-0.05, 0) is 28.8 Å². The lowest BCUT2D eigenvalue weighted by molar-refractivity contribution is -0.168. The summed E-state index contributed by atoms with van der Waals surface area (Å²) in [7, 11) is -1.14. The van der Waals surface area contributed by atoms with Gasteiger partial charge in [0.15, 0.2) is 5.41 Å². The fraction of sp³-hybridized carbons (Fsp3) is 0.522. The molecule has 0 bridgehead atoms. The van der Waals surface area contributed by atoms with Crippen LogP contribution in [0.4, 0.5) is 5.69 Å². The second kappa shape index (κ2) is 8.63. The number of carbonyl (C=O) groups is 3. The molecule has 0 aromatic heterocycles. The zero-order chi connectivity index (χ0) is 23.8. The van der Waals surface area contributed by atoms with Gasteiger partial charge in [-0.3, -0.25) is 14.4 Å².